The van der Waals surface area contributed by atoms with Crippen molar-refractivity contribution in [1.82, 2.24) is 20.5 Å². The molecule has 0 bridgehead atoms. The molecule has 0 amide bonds. The Labute approximate surface area is 117 Å². The summed E-state index contributed by atoms with van der Waals surface area (Å²) < 4.78 is 18.9. The fourth-order valence-corrected chi connectivity index (χ4v) is 1.88. The molecule has 0 aliphatic rings. The summed E-state index contributed by atoms with van der Waals surface area (Å²) in [6, 6.07) is 4.78. The van der Waals surface area contributed by atoms with E-state index < -0.39 is 0 Å². The Morgan fingerprint density at radius 3 is 2.75 bits per heavy atom. The summed E-state index contributed by atoms with van der Waals surface area (Å²) in [5.41, 5.74) is 1.15. The second-order valence-electron chi connectivity index (χ2n) is 4.28. The van der Waals surface area contributed by atoms with E-state index in [0.29, 0.717) is 17.1 Å². The van der Waals surface area contributed by atoms with Gasteiger partial charge in [-0.25, -0.2) is 4.39 Å². The summed E-state index contributed by atoms with van der Waals surface area (Å²) in [6.45, 7) is 2.80. The van der Waals surface area contributed by atoms with Crippen LogP contribution in [0.4, 0.5) is 4.39 Å². The second kappa shape index (κ2) is 6.91. The zero-order valence-electron chi connectivity index (χ0n) is 11.5. The molecule has 20 heavy (non-hydrogen) atoms. The maximum atomic E-state index is 13.9. The molecule has 6 heteroatoms. The predicted octanol–water partition coefficient (Wildman–Crippen LogP) is 2.11. The third-order valence-electron chi connectivity index (χ3n) is 2.88. The Bertz CT molecular complexity index is 547. The van der Waals surface area contributed by atoms with E-state index in [1.807, 2.05) is 6.92 Å². The Kier molecular flexibility index (Phi) is 4.95. The first-order valence-electron chi connectivity index (χ1n) is 6.46. The number of rotatable bonds is 6. The number of nitrogens with one attached hydrogen (secondary N) is 1. The zero-order valence-corrected chi connectivity index (χ0v) is 11.5. The Morgan fingerprint density at radius 1 is 1.30 bits per heavy atom. The Balaban J connectivity index is 2.33. The van der Waals surface area contributed by atoms with Crippen LogP contribution in [0.5, 0.6) is 5.88 Å². The van der Waals surface area contributed by atoms with E-state index in [9.17, 15) is 4.39 Å². The maximum Gasteiger partial charge on any atom is 0.233 e. The molecule has 2 aromatic heterocycles. The topological polar surface area (TPSA) is 59.9 Å². The van der Waals surface area contributed by atoms with Crippen LogP contribution in [-0.2, 0) is 0 Å². The van der Waals surface area contributed by atoms with Gasteiger partial charge in [-0.1, -0.05) is 6.92 Å². The molecule has 0 spiro atoms. The van der Waals surface area contributed by atoms with Crippen LogP contribution in [0, 0.1) is 5.82 Å². The highest BCUT2D eigenvalue weighted by Gasteiger charge is 2.19. The molecule has 5 nitrogen and oxygen atoms in total. The lowest BCUT2D eigenvalue weighted by atomic mass is 10.0. The molecule has 0 fully saturated rings. The van der Waals surface area contributed by atoms with Gasteiger partial charge in [-0.3, -0.25) is 4.98 Å². The van der Waals surface area contributed by atoms with Crippen LogP contribution in [-0.4, -0.2) is 28.8 Å². The highest BCUT2D eigenvalue weighted by atomic mass is 19.1. The van der Waals surface area contributed by atoms with Crippen molar-refractivity contribution in [2.45, 2.75) is 19.4 Å². The van der Waals surface area contributed by atoms with Gasteiger partial charge in [0, 0.05) is 17.8 Å². The molecule has 0 saturated heterocycles. The number of ether oxygens (including phenoxy) is 1. The van der Waals surface area contributed by atoms with E-state index >= 15 is 0 Å². The lowest BCUT2D eigenvalue weighted by molar-refractivity contribution is 0.390. The van der Waals surface area contributed by atoms with Crippen molar-refractivity contribution in [3.63, 3.8) is 0 Å². The fraction of sp³-hybridized carbons (Fsp3) is 0.357. The van der Waals surface area contributed by atoms with Crippen molar-refractivity contribution < 1.29 is 9.13 Å². The fourth-order valence-electron chi connectivity index (χ4n) is 1.88. The number of hydrogen-bond donors (Lipinski definition) is 1. The molecular formula is C14H17FN4O. The first kappa shape index (κ1) is 14.3. The highest BCUT2D eigenvalue weighted by Crippen LogP contribution is 2.22. The molecule has 0 aromatic carbocycles. The van der Waals surface area contributed by atoms with Gasteiger partial charge in [-0.15, -0.1) is 10.2 Å². The highest BCUT2D eigenvalue weighted by molar-refractivity contribution is 5.27. The molecule has 2 rings (SSSR count). The van der Waals surface area contributed by atoms with Crippen molar-refractivity contribution in [1.29, 1.82) is 0 Å². The third-order valence-corrected chi connectivity index (χ3v) is 2.88. The molecular weight excluding hydrogens is 259 g/mol. The summed E-state index contributed by atoms with van der Waals surface area (Å²) in [6.07, 6.45) is 3.70. The predicted molar refractivity (Wildman–Crippen MR) is 72.9 cm³/mol. The van der Waals surface area contributed by atoms with Crippen molar-refractivity contribution in [3.8, 4) is 5.88 Å². The summed E-state index contributed by atoms with van der Waals surface area (Å²) in [4.78, 5) is 3.77. The molecule has 1 atom stereocenters. The normalized spacial score (nSPS) is 12.2. The van der Waals surface area contributed by atoms with Gasteiger partial charge >= 0.3 is 0 Å². The number of halogens is 1. The number of aromatic nitrogens is 3. The number of methoxy groups -OCH3 is 1. The molecule has 2 aromatic rings. The van der Waals surface area contributed by atoms with E-state index in [2.05, 4.69) is 20.5 Å². The number of pyridine rings is 1. The maximum absolute atomic E-state index is 13.9. The minimum atomic E-state index is -0.362. The van der Waals surface area contributed by atoms with Crippen molar-refractivity contribution >= 4 is 0 Å². The second-order valence-corrected chi connectivity index (χ2v) is 4.28. The van der Waals surface area contributed by atoms with E-state index in [4.69, 9.17) is 4.74 Å². The Morgan fingerprint density at radius 2 is 2.15 bits per heavy atom. The number of hydrogen-bond acceptors (Lipinski definition) is 5. The average molecular weight is 276 g/mol. The third kappa shape index (κ3) is 3.27. The monoisotopic (exact) mass is 276 g/mol. The van der Waals surface area contributed by atoms with Crippen LogP contribution >= 0.6 is 0 Å². The minimum absolute atomic E-state index is 0.351. The van der Waals surface area contributed by atoms with Crippen molar-refractivity contribution in [3.05, 3.63) is 47.7 Å². The molecule has 1 N–H and O–H groups in total. The lowest BCUT2D eigenvalue weighted by Gasteiger charge is -2.18. The molecule has 0 saturated carbocycles. The van der Waals surface area contributed by atoms with Crippen LogP contribution in [0.25, 0.3) is 0 Å². The standard InChI is InChI=1S/C14H17FN4O/c1-3-7-17-14(10-6-8-16-9-11(10)15)12-4-5-13(20-2)19-18-12/h4-6,8-9,14,17H,3,7H2,1-2H3. The van der Waals surface area contributed by atoms with Crippen LogP contribution < -0.4 is 10.1 Å². The summed E-state index contributed by atoms with van der Waals surface area (Å²) >= 11 is 0. The quantitative estimate of drug-likeness (QED) is 0.875. The molecule has 2 heterocycles. The number of nitrogens with zero attached hydrogens (tertiary/aromatic N) is 3. The zero-order chi connectivity index (χ0) is 14.4. The van der Waals surface area contributed by atoms with E-state index in [-0.39, 0.29) is 11.9 Å². The van der Waals surface area contributed by atoms with Gasteiger partial charge in [0.25, 0.3) is 0 Å². The Hall–Kier alpha value is -2.08. The van der Waals surface area contributed by atoms with Crippen LogP contribution in [0.15, 0.2) is 30.6 Å². The van der Waals surface area contributed by atoms with Gasteiger partial charge in [0.1, 0.15) is 5.82 Å². The van der Waals surface area contributed by atoms with Gasteiger partial charge in [-0.2, -0.15) is 0 Å². The smallest absolute Gasteiger partial charge is 0.233 e. The first-order chi connectivity index (χ1) is 9.76. The average Bonchev–Trinajstić information content (AvgIpc) is 2.50. The van der Waals surface area contributed by atoms with Crippen molar-refractivity contribution in [2.75, 3.05) is 13.7 Å². The van der Waals surface area contributed by atoms with Crippen LogP contribution in [0.2, 0.25) is 0 Å². The molecule has 106 valence electrons. The molecule has 1 unspecified atom stereocenters. The van der Waals surface area contributed by atoms with Gasteiger partial charge in [0.15, 0.2) is 0 Å². The molecule has 0 radical (unpaired) electrons. The van der Waals surface area contributed by atoms with Crippen LogP contribution in [0.3, 0.4) is 0 Å². The van der Waals surface area contributed by atoms with Gasteiger partial charge in [0.05, 0.1) is 25.0 Å². The van der Waals surface area contributed by atoms with E-state index in [1.165, 1.54) is 13.3 Å². The summed E-state index contributed by atoms with van der Waals surface area (Å²) in [7, 11) is 1.53. The van der Waals surface area contributed by atoms with E-state index in [1.54, 1.807) is 24.4 Å². The molecule has 0 aliphatic carbocycles. The van der Waals surface area contributed by atoms with Crippen molar-refractivity contribution in [2.24, 2.45) is 0 Å². The van der Waals surface area contributed by atoms with Gasteiger partial charge < -0.3 is 10.1 Å². The van der Waals surface area contributed by atoms with Crippen LogP contribution in [0.1, 0.15) is 30.6 Å². The van der Waals surface area contributed by atoms with Gasteiger partial charge in [0.2, 0.25) is 5.88 Å². The minimum Gasteiger partial charge on any atom is -0.480 e. The first-order valence-corrected chi connectivity index (χ1v) is 6.46. The summed E-state index contributed by atoms with van der Waals surface area (Å²) in [5, 5.41) is 11.3. The SMILES string of the molecule is CCCNC(c1ccc(OC)nn1)c1ccncc1F. The lowest BCUT2D eigenvalue weighted by Crippen LogP contribution is -2.25. The largest absolute Gasteiger partial charge is 0.480 e. The summed E-state index contributed by atoms with van der Waals surface area (Å²) in [5.74, 6) is 0.0666. The van der Waals surface area contributed by atoms with Gasteiger partial charge in [-0.05, 0) is 25.1 Å². The van der Waals surface area contributed by atoms with E-state index in [0.717, 1.165) is 13.0 Å². The molecule has 0 aliphatic heterocycles.